The van der Waals surface area contributed by atoms with Gasteiger partial charge in [0.25, 0.3) is 21.6 Å². The lowest BCUT2D eigenvalue weighted by Crippen LogP contribution is -2.30. The van der Waals surface area contributed by atoms with Crippen molar-refractivity contribution in [3.8, 4) is 0 Å². The fourth-order valence-corrected chi connectivity index (χ4v) is 5.04. The van der Waals surface area contributed by atoms with E-state index in [-0.39, 0.29) is 21.8 Å². The molecule has 0 spiro atoms. The van der Waals surface area contributed by atoms with Gasteiger partial charge in [-0.05, 0) is 56.7 Å². The van der Waals surface area contributed by atoms with Crippen LogP contribution in [0, 0.1) is 17.0 Å². The van der Waals surface area contributed by atoms with Crippen LogP contribution >= 0.6 is 0 Å². The summed E-state index contributed by atoms with van der Waals surface area (Å²) >= 11 is 0. The fraction of sp³-hybridized carbons (Fsp3) is 0.333. The van der Waals surface area contributed by atoms with Crippen LogP contribution in [0.15, 0.2) is 59.0 Å². The highest BCUT2D eigenvalue weighted by Crippen LogP contribution is 2.26. The van der Waals surface area contributed by atoms with Crippen LogP contribution in [0.4, 0.5) is 11.4 Å². The zero-order valence-electron chi connectivity index (χ0n) is 19.3. The second kappa shape index (κ2) is 11.6. The number of allylic oxidation sites excluding steroid dienone is 1. The van der Waals surface area contributed by atoms with Gasteiger partial charge in [0.1, 0.15) is 0 Å². The summed E-state index contributed by atoms with van der Waals surface area (Å²) in [6.07, 6.45) is 7.39. The van der Waals surface area contributed by atoms with E-state index in [1.165, 1.54) is 55.3 Å². The molecule has 0 fully saturated rings. The molecule has 0 saturated carbocycles. The molecule has 186 valence electrons. The third-order valence-corrected chi connectivity index (χ3v) is 7.06. The predicted molar refractivity (Wildman–Crippen MR) is 130 cm³/mol. The number of ether oxygens (including phenoxy) is 1. The number of carbonyl (C=O) groups is 2. The summed E-state index contributed by atoms with van der Waals surface area (Å²) in [4.78, 5) is 34.7. The van der Waals surface area contributed by atoms with Gasteiger partial charge in [0.05, 0.1) is 21.1 Å². The maximum Gasteiger partial charge on any atom is 0.340 e. The first kappa shape index (κ1) is 25.9. The van der Waals surface area contributed by atoms with E-state index in [9.17, 15) is 28.1 Å². The molecule has 0 unspecified atom stereocenters. The maximum atomic E-state index is 12.9. The summed E-state index contributed by atoms with van der Waals surface area (Å²) in [5, 5.41) is 13.8. The number of nitrogens with zero attached hydrogens (tertiary/aromatic N) is 1. The van der Waals surface area contributed by atoms with Crippen LogP contribution in [0.25, 0.3) is 0 Å². The Hall–Kier alpha value is -3.73. The molecule has 1 aliphatic carbocycles. The third-order valence-electron chi connectivity index (χ3n) is 5.55. The van der Waals surface area contributed by atoms with Crippen LogP contribution in [0.2, 0.25) is 0 Å². The van der Waals surface area contributed by atoms with Gasteiger partial charge in [0, 0.05) is 18.7 Å². The normalized spacial score (nSPS) is 13.5. The number of amides is 1. The van der Waals surface area contributed by atoms with Crippen LogP contribution in [0.3, 0.4) is 0 Å². The maximum absolute atomic E-state index is 12.9. The minimum Gasteiger partial charge on any atom is -0.452 e. The molecular weight excluding hydrogens is 474 g/mol. The monoisotopic (exact) mass is 501 g/mol. The van der Waals surface area contributed by atoms with E-state index in [2.05, 4.69) is 16.1 Å². The molecule has 1 amide bonds. The summed E-state index contributed by atoms with van der Waals surface area (Å²) in [5.41, 5.74) is 1.05. The first-order valence-electron chi connectivity index (χ1n) is 11.2. The molecule has 0 radical (unpaired) electrons. The predicted octanol–water partition coefficient (Wildman–Crippen LogP) is 3.87. The Morgan fingerprint density at radius 2 is 1.91 bits per heavy atom. The van der Waals surface area contributed by atoms with Crippen molar-refractivity contribution in [2.75, 3.05) is 17.9 Å². The van der Waals surface area contributed by atoms with Gasteiger partial charge >= 0.3 is 5.97 Å². The van der Waals surface area contributed by atoms with Crippen LogP contribution < -0.4 is 10.0 Å². The van der Waals surface area contributed by atoms with E-state index in [4.69, 9.17) is 4.74 Å². The summed E-state index contributed by atoms with van der Waals surface area (Å²) in [5.74, 6) is -1.34. The van der Waals surface area contributed by atoms with Crippen LogP contribution in [-0.2, 0) is 19.6 Å². The summed E-state index contributed by atoms with van der Waals surface area (Å²) < 4.78 is 33.2. The number of non-ortho nitro benzene ring substituents is 1. The molecule has 0 aromatic heterocycles. The minimum absolute atomic E-state index is 0.0759. The number of benzene rings is 2. The second-order valence-corrected chi connectivity index (χ2v) is 9.79. The van der Waals surface area contributed by atoms with E-state index in [0.717, 1.165) is 31.7 Å². The standard InChI is InChI=1S/C24H27N3O7S/c1-17-11-12-19(27(30)31)15-22(17)35(32,33)26-21-10-6-5-9-20(21)24(29)34-16-23(28)25-14-13-18-7-3-2-4-8-18/h5-7,9-12,15,26H,2-4,8,13-14,16H2,1H3,(H,25,28). The molecule has 0 heterocycles. The number of nitro benzene ring substituents is 1. The quantitative estimate of drug-likeness (QED) is 0.218. The number of aryl methyl sites for hydroxylation is 1. The number of nitrogens with one attached hydrogen (secondary N) is 2. The Morgan fingerprint density at radius 3 is 2.63 bits per heavy atom. The van der Waals surface area contributed by atoms with Crippen molar-refractivity contribution < 1.29 is 27.7 Å². The first-order chi connectivity index (χ1) is 16.7. The Labute approximate surface area is 203 Å². The molecule has 1 aliphatic rings. The topological polar surface area (TPSA) is 145 Å². The average Bonchev–Trinajstić information content (AvgIpc) is 2.83. The van der Waals surface area contributed by atoms with Crippen LogP contribution in [-0.4, -0.2) is 38.4 Å². The smallest absolute Gasteiger partial charge is 0.340 e. The number of hydrogen-bond donors (Lipinski definition) is 2. The van der Waals surface area contributed by atoms with Gasteiger partial charge in [-0.25, -0.2) is 13.2 Å². The van der Waals surface area contributed by atoms with Crippen molar-refractivity contribution in [1.29, 1.82) is 0 Å². The Balaban J connectivity index is 1.63. The molecule has 0 saturated heterocycles. The molecule has 11 heteroatoms. The minimum atomic E-state index is -4.26. The number of carbonyl (C=O) groups excluding carboxylic acids is 2. The van der Waals surface area contributed by atoms with Crippen molar-refractivity contribution in [3.63, 3.8) is 0 Å². The second-order valence-electron chi connectivity index (χ2n) is 8.14. The number of hydrogen-bond acceptors (Lipinski definition) is 7. The number of anilines is 1. The highest BCUT2D eigenvalue weighted by atomic mass is 32.2. The fourth-order valence-electron chi connectivity index (χ4n) is 3.70. The largest absolute Gasteiger partial charge is 0.452 e. The van der Waals surface area contributed by atoms with Crippen molar-refractivity contribution in [2.24, 2.45) is 0 Å². The summed E-state index contributed by atoms with van der Waals surface area (Å²) in [6.45, 7) is 1.44. The molecule has 0 atom stereocenters. The molecule has 2 N–H and O–H groups in total. The van der Waals surface area contributed by atoms with Crippen LogP contribution in [0.1, 0.15) is 48.0 Å². The number of para-hydroxylation sites is 1. The van der Waals surface area contributed by atoms with E-state index >= 15 is 0 Å². The molecule has 0 aliphatic heterocycles. The van der Waals surface area contributed by atoms with E-state index in [1.54, 1.807) is 0 Å². The Kier molecular flexibility index (Phi) is 8.58. The van der Waals surface area contributed by atoms with E-state index in [1.807, 2.05) is 0 Å². The number of nitro groups is 1. The lowest BCUT2D eigenvalue weighted by Gasteiger charge is -2.14. The van der Waals surface area contributed by atoms with Gasteiger partial charge in [-0.1, -0.05) is 29.8 Å². The average molecular weight is 502 g/mol. The van der Waals surface area contributed by atoms with Gasteiger partial charge in [-0.3, -0.25) is 19.6 Å². The molecular formula is C24H27N3O7S. The molecule has 2 aromatic rings. The van der Waals surface area contributed by atoms with Crippen molar-refractivity contribution in [3.05, 3.63) is 75.4 Å². The van der Waals surface area contributed by atoms with Gasteiger partial charge in [0.15, 0.2) is 6.61 Å². The van der Waals surface area contributed by atoms with Crippen molar-refractivity contribution >= 4 is 33.3 Å². The zero-order valence-corrected chi connectivity index (χ0v) is 20.1. The lowest BCUT2D eigenvalue weighted by atomic mass is 9.97. The van der Waals surface area contributed by atoms with Gasteiger partial charge < -0.3 is 10.1 Å². The lowest BCUT2D eigenvalue weighted by molar-refractivity contribution is -0.385. The van der Waals surface area contributed by atoms with Crippen molar-refractivity contribution in [1.82, 2.24) is 5.32 Å². The van der Waals surface area contributed by atoms with Crippen LogP contribution in [0.5, 0.6) is 0 Å². The summed E-state index contributed by atoms with van der Waals surface area (Å²) in [6, 6.07) is 9.23. The van der Waals surface area contributed by atoms with E-state index < -0.39 is 33.4 Å². The third kappa shape index (κ3) is 7.12. The highest BCUT2D eigenvalue weighted by Gasteiger charge is 2.23. The SMILES string of the molecule is Cc1ccc([N+](=O)[O-])cc1S(=O)(=O)Nc1ccccc1C(=O)OCC(=O)NCCC1=CCCCC1. The number of esters is 1. The van der Waals surface area contributed by atoms with Gasteiger partial charge in [-0.2, -0.15) is 0 Å². The van der Waals surface area contributed by atoms with Crippen molar-refractivity contribution in [2.45, 2.75) is 43.9 Å². The highest BCUT2D eigenvalue weighted by molar-refractivity contribution is 7.92. The molecule has 3 rings (SSSR count). The Bertz CT molecular complexity index is 1260. The molecule has 0 bridgehead atoms. The first-order valence-corrected chi connectivity index (χ1v) is 12.6. The molecule has 2 aromatic carbocycles. The Morgan fingerprint density at radius 1 is 1.14 bits per heavy atom. The number of sulfonamides is 1. The molecule has 35 heavy (non-hydrogen) atoms. The summed E-state index contributed by atoms with van der Waals surface area (Å²) in [7, 11) is -4.26. The zero-order chi connectivity index (χ0) is 25.4. The number of rotatable bonds is 10. The van der Waals surface area contributed by atoms with Gasteiger partial charge in [-0.15, -0.1) is 0 Å². The van der Waals surface area contributed by atoms with E-state index in [0.29, 0.717) is 12.1 Å². The van der Waals surface area contributed by atoms with Gasteiger partial charge in [0.2, 0.25) is 0 Å². The molecule has 10 nitrogen and oxygen atoms in total.